The Bertz CT molecular complexity index is 398. The molecule has 5 rings (SSSR count). The highest BCUT2D eigenvalue weighted by Gasteiger charge is 2.50. The fourth-order valence-corrected chi connectivity index (χ4v) is 4.90. The van der Waals surface area contributed by atoms with Crippen LogP contribution in [0.2, 0.25) is 0 Å². The molecule has 0 radical (unpaired) electrons. The molecule has 2 N–H and O–H groups in total. The molecule has 1 aromatic heterocycles. The van der Waals surface area contributed by atoms with Gasteiger partial charge in [0, 0.05) is 5.92 Å². The first-order valence-corrected chi connectivity index (χ1v) is 6.98. The zero-order chi connectivity index (χ0) is 11.4. The van der Waals surface area contributed by atoms with Crippen LogP contribution in [0, 0.1) is 23.7 Å². The quantitative estimate of drug-likeness (QED) is 0.853. The number of rotatable bonds is 2. The Morgan fingerprint density at radius 2 is 1.76 bits per heavy atom. The SMILES string of the molecule is NCc1cnc(C2C3CC4CC(C3)CC2C4)o1. The average Bonchev–Trinajstić information content (AvgIpc) is 2.76. The van der Waals surface area contributed by atoms with E-state index in [9.17, 15) is 0 Å². The summed E-state index contributed by atoms with van der Waals surface area (Å²) >= 11 is 0. The second-order valence-corrected chi connectivity index (χ2v) is 6.33. The molecule has 0 spiro atoms. The van der Waals surface area contributed by atoms with Crippen molar-refractivity contribution in [2.75, 3.05) is 0 Å². The number of nitrogens with zero attached hydrogens (tertiary/aromatic N) is 1. The van der Waals surface area contributed by atoms with Crippen LogP contribution in [0.1, 0.15) is 49.7 Å². The highest BCUT2D eigenvalue weighted by Crippen LogP contribution is 2.59. The van der Waals surface area contributed by atoms with E-state index in [4.69, 9.17) is 10.2 Å². The Balaban J connectivity index is 1.65. The maximum Gasteiger partial charge on any atom is 0.198 e. The van der Waals surface area contributed by atoms with Crippen molar-refractivity contribution in [3.05, 3.63) is 17.8 Å². The molecule has 17 heavy (non-hydrogen) atoms. The largest absolute Gasteiger partial charge is 0.444 e. The first kappa shape index (κ1) is 10.1. The van der Waals surface area contributed by atoms with E-state index in [2.05, 4.69) is 4.98 Å². The molecule has 4 bridgehead atoms. The van der Waals surface area contributed by atoms with Gasteiger partial charge in [-0.2, -0.15) is 0 Å². The summed E-state index contributed by atoms with van der Waals surface area (Å²) in [4.78, 5) is 4.49. The third-order valence-corrected chi connectivity index (χ3v) is 5.28. The molecule has 92 valence electrons. The van der Waals surface area contributed by atoms with Gasteiger partial charge in [0.15, 0.2) is 5.89 Å². The number of nitrogens with two attached hydrogens (primary N) is 1. The Kier molecular flexibility index (Phi) is 2.13. The summed E-state index contributed by atoms with van der Waals surface area (Å²) in [6.07, 6.45) is 8.98. The first-order valence-electron chi connectivity index (χ1n) is 6.98. The van der Waals surface area contributed by atoms with E-state index in [1.807, 2.05) is 6.20 Å². The number of hydrogen-bond donors (Lipinski definition) is 1. The van der Waals surface area contributed by atoms with Crippen LogP contribution in [0.5, 0.6) is 0 Å². The highest BCUT2D eigenvalue weighted by molar-refractivity contribution is 5.10. The second-order valence-electron chi connectivity index (χ2n) is 6.33. The van der Waals surface area contributed by atoms with Crippen molar-refractivity contribution >= 4 is 0 Å². The van der Waals surface area contributed by atoms with Crippen molar-refractivity contribution < 1.29 is 4.42 Å². The van der Waals surface area contributed by atoms with Crippen LogP contribution in [0.25, 0.3) is 0 Å². The minimum Gasteiger partial charge on any atom is -0.444 e. The molecule has 0 aromatic carbocycles. The van der Waals surface area contributed by atoms with E-state index >= 15 is 0 Å². The van der Waals surface area contributed by atoms with Crippen molar-refractivity contribution in [1.29, 1.82) is 0 Å². The lowest BCUT2D eigenvalue weighted by Gasteiger charge is -2.53. The Labute approximate surface area is 102 Å². The zero-order valence-electron chi connectivity index (χ0n) is 10.1. The first-order chi connectivity index (χ1) is 8.33. The predicted octanol–water partition coefficient (Wildman–Crippen LogP) is 2.67. The third kappa shape index (κ3) is 1.48. The lowest BCUT2D eigenvalue weighted by atomic mass is 9.52. The molecule has 0 amide bonds. The van der Waals surface area contributed by atoms with Gasteiger partial charge >= 0.3 is 0 Å². The fraction of sp³-hybridized carbons (Fsp3) is 0.786. The molecule has 1 heterocycles. The van der Waals surface area contributed by atoms with E-state index in [0.717, 1.165) is 35.3 Å². The topological polar surface area (TPSA) is 52.0 Å². The van der Waals surface area contributed by atoms with Crippen molar-refractivity contribution in [2.24, 2.45) is 29.4 Å². The fourth-order valence-electron chi connectivity index (χ4n) is 4.90. The van der Waals surface area contributed by atoms with Crippen molar-refractivity contribution in [3.63, 3.8) is 0 Å². The summed E-state index contributed by atoms with van der Waals surface area (Å²) in [5.41, 5.74) is 5.60. The van der Waals surface area contributed by atoms with Crippen LogP contribution in [0.4, 0.5) is 0 Å². The molecule has 4 aliphatic rings. The maximum absolute atomic E-state index is 5.82. The molecule has 0 unspecified atom stereocenters. The zero-order valence-corrected chi connectivity index (χ0v) is 10.1. The Morgan fingerprint density at radius 1 is 1.12 bits per heavy atom. The summed E-state index contributed by atoms with van der Waals surface area (Å²) in [5, 5.41) is 0. The molecule has 4 aliphatic carbocycles. The van der Waals surface area contributed by atoms with Gasteiger partial charge in [0.25, 0.3) is 0 Å². The van der Waals surface area contributed by atoms with Crippen LogP contribution in [-0.2, 0) is 6.54 Å². The van der Waals surface area contributed by atoms with Crippen molar-refractivity contribution in [3.8, 4) is 0 Å². The van der Waals surface area contributed by atoms with Gasteiger partial charge in [0.05, 0.1) is 12.7 Å². The number of hydrogen-bond acceptors (Lipinski definition) is 3. The minimum absolute atomic E-state index is 0.473. The summed E-state index contributed by atoms with van der Waals surface area (Å²) < 4.78 is 5.82. The molecule has 4 fully saturated rings. The van der Waals surface area contributed by atoms with Gasteiger partial charge in [0.1, 0.15) is 5.76 Å². The molecule has 4 saturated carbocycles. The highest BCUT2D eigenvalue weighted by atomic mass is 16.4. The number of aromatic nitrogens is 1. The lowest BCUT2D eigenvalue weighted by molar-refractivity contribution is -0.0117. The summed E-state index contributed by atoms with van der Waals surface area (Å²) in [6.45, 7) is 0.473. The van der Waals surface area contributed by atoms with E-state index in [1.54, 1.807) is 0 Å². The summed E-state index contributed by atoms with van der Waals surface area (Å²) in [5.74, 6) is 6.14. The maximum atomic E-state index is 5.82. The van der Waals surface area contributed by atoms with Crippen LogP contribution >= 0.6 is 0 Å². The molecule has 0 atom stereocenters. The van der Waals surface area contributed by atoms with Gasteiger partial charge < -0.3 is 10.2 Å². The lowest BCUT2D eigenvalue weighted by Crippen LogP contribution is -2.43. The standard InChI is InChI=1S/C14H20N2O/c15-6-12-7-16-14(17-12)13-10-2-8-1-9(4-10)5-11(13)3-8/h7-11,13H,1-6,15H2. The van der Waals surface area contributed by atoms with Crippen LogP contribution in [0.15, 0.2) is 10.6 Å². The monoisotopic (exact) mass is 232 g/mol. The van der Waals surface area contributed by atoms with Gasteiger partial charge in [-0.15, -0.1) is 0 Å². The average molecular weight is 232 g/mol. The van der Waals surface area contributed by atoms with Crippen molar-refractivity contribution in [1.82, 2.24) is 4.98 Å². The summed E-state index contributed by atoms with van der Waals surface area (Å²) in [6, 6.07) is 0. The van der Waals surface area contributed by atoms with E-state index in [1.165, 1.54) is 32.1 Å². The molecular weight excluding hydrogens is 212 g/mol. The molecule has 3 nitrogen and oxygen atoms in total. The summed E-state index contributed by atoms with van der Waals surface area (Å²) in [7, 11) is 0. The van der Waals surface area contributed by atoms with E-state index in [0.29, 0.717) is 12.5 Å². The molecule has 0 saturated heterocycles. The van der Waals surface area contributed by atoms with Gasteiger partial charge in [-0.05, 0) is 55.8 Å². The van der Waals surface area contributed by atoms with Crippen LogP contribution in [0.3, 0.4) is 0 Å². The minimum atomic E-state index is 0.473. The smallest absolute Gasteiger partial charge is 0.198 e. The predicted molar refractivity (Wildman–Crippen MR) is 64.2 cm³/mol. The molecule has 3 heteroatoms. The molecule has 1 aromatic rings. The van der Waals surface area contributed by atoms with Crippen LogP contribution in [-0.4, -0.2) is 4.98 Å². The van der Waals surface area contributed by atoms with E-state index in [-0.39, 0.29) is 0 Å². The second kappa shape index (κ2) is 3.58. The Hall–Kier alpha value is -0.830. The van der Waals surface area contributed by atoms with Gasteiger partial charge in [-0.25, -0.2) is 4.98 Å². The molecular formula is C14H20N2O. The Morgan fingerprint density at radius 3 is 2.29 bits per heavy atom. The third-order valence-electron chi connectivity index (χ3n) is 5.28. The van der Waals surface area contributed by atoms with Crippen molar-refractivity contribution in [2.45, 2.75) is 44.6 Å². The molecule has 0 aliphatic heterocycles. The van der Waals surface area contributed by atoms with Gasteiger partial charge in [0.2, 0.25) is 0 Å². The normalized spacial score (nSPS) is 43.2. The van der Waals surface area contributed by atoms with Gasteiger partial charge in [-0.3, -0.25) is 0 Å². The number of oxazole rings is 1. The van der Waals surface area contributed by atoms with E-state index < -0.39 is 0 Å². The van der Waals surface area contributed by atoms with Gasteiger partial charge in [-0.1, -0.05) is 0 Å². The van der Waals surface area contributed by atoms with Crippen LogP contribution < -0.4 is 5.73 Å².